The van der Waals surface area contributed by atoms with E-state index in [1.54, 1.807) is 31.7 Å². The first-order chi connectivity index (χ1) is 33.0. The predicted octanol–water partition coefficient (Wildman–Crippen LogP) is 5.75. The molecule has 0 bridgehead atoms. The van der Waals surface area contributed by atoms with Crippen molar-refractivity contribution in [1.82, 2.24) is 30.2 Å². The Bertz CT molecular complexity index is 2570. The van der Waals surface area contributed by atoms with Gasteiger partial charge in [0.05, 0.1) is 0 Å². The summed E-state index contributed by atoms with van der Waals surface area (Å²) in [4.78, 5) is 104. The summed E-state index contributed by atoms with van der Waals surface area (Å²) in [6.45, 7) is 3.21. The summed E-state index contributed by atoms with van der Waals surface area (Å²) in [6, 6.07) is 29.3. The van der Waals surface area contributed by atoms with E-state index in [-0.39, 0.29) is 61.9 Å². The Kier molecular flexibility index (Phi) is 13.3. The van der Waals surface area contributed by atoms with E-state index in [1.807, 2.05) is 97.1 Å². The van der Waals surface area contributed by atoms with Crippen molar-refractivity contribution in [2.45, 2.75) is 76.9 Å². The van der Waals surface area contributed by atoms with Gasteiger partial charge in [-0.2, -0.15) is 0 Å². The summed E-state index contributed by atoms with van der Waals surface area (Å²) in [7, 11) is 0. The second-order valence-corrected chi connectivity index (χ2v) is 17.5. The third kappa shape index (κ3) is 9.94. The second kappa shape index (κ2) is 19.9. The minimum atomic E-state index is -0.620. The third-order valence-corrected chi connectivity index (χ3v) is 13.1. The first kappa shape index (κ1) is 45.3. The van der Waals surface area contributed by atoms with Crippen molar-refractivity contribution >= 4 is 58.8 Å². The first-order valence-electron chi connectivity index (χ1n) is 22.8. The summed E-state index contributed by atoms with van der Waals surface area (Å²) in [5, 5.41) is 4.65. The Morgan fingerprint density at radius 2 is 0.941 bits per heavy atom. The van der Waals surface area contributed by atoms with Gasteiger partial charge in [-0.25, -0.2) is 9.59 Å². The van der Waals surface area contributed by atoms with Crippen LogP contribution < -0.4 is 10.6 Å². The molecule has 16 heteroatoms. The maximum atomic E-state index is 12.9. The fraction of sp³-hybridized carbons (Fsp3) is 0.308. The third-order valence-electron chi connectivity index (χ3n) is 13.1. The number of piperidine rings is 2. The van der Waals surface area contributed by atoms with Crippen LogP contribution in [0.1, 0.15) is 92.6 Å². The minimum absolute atomic E-state index is 0.180. The maximum absolute atomic E-state index is 12.9. The summed E-state index contributed by atoms with van der Waals surface area (Å²) in [5.41, 5.74) is 9.07. The van der Waals surface area contributed by atoms with Crippen LogP contribution in [0.25, 0.3) is 11.1 Å². The van der Waals surface area contributed by atoms with Gasteiger partial charge < -0.3 is 29.1 Å². The van der Waals surface area contributed by atoms with Gasteiger partial charge in [-0.15, -0.1) is 0 Å². The molecule has 10 rings (SSSR count). The molecule has 0 aromatic heterocycles. The number of carbonyl (C=O) groups excluding carboxylic acids is 8. The van der Waals surface area contributed by atoms with E-state index in [9.17, 15) is 38.4 Å². The SMILES string of the molecule is O=C1CC[C@H](N2Cc3cc(C4=CCN(C(=O)OCc5ccccc5)CC4)ccc3C2=O)C(=O)N1.O=C1CC[C@H](N2Cc3cc(C4=CCN(C(=O)OCc5ccccc5)CC4)ccc3C2=O)C(=O)N1. The molecule has 0 unspecified atom stereocenters. The van der Waals surface area contributed by atoms with Gasteiger partial charge in [0.2, 0.25) is 23.6 Å². The molecule has 8 amide bonds. The zero-order valence-electron chi connectivity index (χ0n) is 37.3. The van der Waals surface area contributed by atoms with Crippen molar-refractivity contribution in [2.24, 2.45) is 0 Å². The topological polar surface area (TPSA) is 192 Å². The van der Waals surface area contributed by atoms with E-state index in [4.69, 9.17) is 9.47 Å². The van der Waals surface area contributed by atoms with Crippen LogP contribution in [-0.4, -0.2) is 105 Å². The summed E-state index contributed by atoms with van der Waals surface area (Å²) in [5.74, 6) is -1.77. The van der Waals surface area contributed by atoms with Crippen LogP contribution in [0.2, 0.25) is 0 Å². The van der Waals surface area contributed by atoms with Gasteiger partial charge in [-0.3, -0.25) is 39.4 Å². The van der Waals surface area contributed by atoms with Gasteiger partial charge in [0.1, 0.15) is 25.3 Å². The number of hydrogen-bond donors (Lipinski definition) is 2. The van der Waals surface area contributed by atoms with Crippen molar-refractivity contribution < 1.29 is 47.8 Å². The number of hydrogen-bond acceptors (Lipinski definition) is 10. The van der Waals surface area contributed by atoms with E-state index in [2.05, 4.69) is 10.6 Å². The van der Waals surface area contributed by atoms with Gasteiger partial charge >= 0.3 is 12.2 Å². The molecule has 6 aliphatic heterocycles. The lowest BCUT2D eigenvalue weighted by atomic mass is 9.96. The van der Waals surface area contributed by atoms with Gasteiger partial charge in [0.25, 0.3) is 11.8 Å². The van der Waals surface area contributed by atoms with E-state index in [0.29, 0.717) is 76.1 Å². The molecule has 6 aliphatic rings. The highest BCUT2D eigenvalue weighted by Crippen LogP contribution is 2.33. The van der Waals surface area contributed by atoms with E-state index >= 15 is 0 Å². The molecule has 16 nitrogen and oxygen atoms in total. The van der Waals surface area contributed by atoms with Crippen LogP contribution in [0.3, 0.4) is 0 Å². The highest BCUT2D eigenvalue weighted by molar-refractivity contribution is 6.06. The summed E-state index contributed by atoms with van der Waals surface area (Å²) in [6.07, 6.45) is 5.90. The first-order valence-corrected chi connectivity index (χ1v) is 22.8. The number of benzene rings is 4. The smallest absolute Gasteiger partial charge is 0.410 e. The minimum Gasteiger partial charge on any atom is -0.445 e. The molecule has 0 spiro atoms. The van der Waals surface area contributed by atoms with Crippen LogP contribution in [0.4, 0.5) is 9.59 Å². The van der Waals surface area contributed by atoms with E-state index in [0.717, 1.165) is 44.5 Å². The molecule has 2 atom stereocenters. The highest BCUT2D eigenvalue weighted by atomic mass is 16.6. The Balaban J connectivity index is 0.000000170. The Labute approximate surface area is 392 Å². The molecular formula is C52H50N6O10. The fourth-order valence-electron chi connectivity index (χ4n) is 9.36. The summed E-state index contributed by atoms with van der Waals surface area (Å²) < 4.78 is 10.9. The zero-order valence-corrected chi connectivity index (χ0v) is 37.3. The number of rotatable bonds is 8. The van der Waals surface area contributed by atoms with Gasteiger partial charge in [0, 0.05) is 63.2 Å². The van der Waals surface area contributed by atoms with Crippen LogP contribution in [0.5, 0.6) is 0 Å². The standard InChI is InChI=1S/2C26H25N3O5/c2*30-23-9-8-22(24(31)27-23)29-15-20-14-19(6-7-21(20)25(29)32)18-10-12-28(13-11-18)26(33)34-16-17-4-2-1-3-5-17/h2*1-7,10,14,22H,8-9,11-13,15-16H2,(H,27,30,31)/t2*22-/m00/s1. The van der Waals surface area contributed by atoms with E-state index < -0.39 is 23.9 Å². The molecule has 4 aromatic carbocycles. The molecule has 6 heterocycles. The number of imide groups is 2. The number of fused-ring (bicyclic) bond motifs is 2. The molecule has 348 valence electrons. The van der Waals surface area contributed by atoms with Crippen LogP contribution in [-0.2, 0) is 55.0 Å². The molecular weight excluding hydrogens is 869 g/mol. The average Bonchev–Trinajstić information content (AvgIpc) is 3.87. The molecule has 0 radical (unpaired) electrons. The summed E-state index contributed by atoms with van der Waals surface area (Å²) >= 11 is 0. The molecule has 68 heavy (non-hydrogen) atoms. The fourth-order valence-corrected chi connectivity index (χ4v) is 9.36. The zero-order chi connectivity index (χ0) is 47.3. The number of nitrogens with zero attached hydrogens (tertiary/aromatic N) is 4. The molecule has 2 fully saturated rings. The van der Waals surface area contributed by atoms with Crippen LogP contribution >= 0.6 is 0 Å². The second-order valence-electron chi connectivity index (χ2n) is 17.5. The van der Waals surface area contributed by atoms with Crippen molar-refractivity contribution in [3.63, 3.8) is 0 Å². The maximum Gasteiger partial charge on any atom is 0.410 e. The average molecular weight is 919 g/mol. The number of ether oxygens (including phenoxy) is 2. The van der Waals surface area contributed by atoms with Crippen LogP contribution in [0.15, 0.2) is 109 Å². The lowest BCUT2D eigenvalue weighted by Gasteiger charge is -2.29. The van der Waals surface area contributed by atoms with Crippen LogP contribution in [0, 0.1) is 0 Å². The van der Waals surface area contributed by atoms with E-state index in [1.165, 1.54) is 0 Å². The quantitative estimate of drug-likeness (QED) is 0.206. The van der Waals surface area contributed by atoms with Gasteiger partial charge in [-0.1, -0.05) is 84.9 Å². The molecule has 0 aliphatic carbocycles. The van der Waals surface area contributed by atoms with Gasteiger partial charge in [-0.05, 0) is 94.5 Å². The van der Waals surface area contributed by atoms with Gasteiger partial charge in [0.15, 0.2) is 0 Å². The molecule has 4 aromatic rings. The highest BCUT2D eigenvalue weighted by Gasteiger charge is 2.41. The van der Waals surface area contributed by atoms with Crippen molar-refractivity contribution in [3.8, 4) is 0 Å². The Morgan fingerprint density at radius 1 is 0.529 bits per heavy atom. The lowest BCUT2D eigenvalue weighted by Crippen LogP contribution is -2.52. The monoisotopic (exact) mass is 918 g/mol. The largest absolute Gasteiger partial charge is 0.445 e. The van der Waals surface area contributed by atoms with Crippen molar-refractivity contribution in [3.05, 3.63) is 154 Å². The van der Waals surface area contributed by atoms with Crippen molar-refractivity contribution in [1.29, 1.82) is 0 Å². The number of amides is 8. The normalized spacial score (nSPS) is 20.1. The predicted molar refractivity (Wildman–Crippen MR) is 247 cm³/mol. The Morgan fingerprint density at radius 3 is 1.31 bits per heavy atom. The number of carbonyl (C=O) groups is 8. The molecule has 0 saturated carbocycles. The Hall–Kier alpha value is -7.88. The molecule has 2 saturated heterocycles. The van der Waals surface area contributed by atoms with Crippen molar-refractivity contribution in [2.75, 3.05) is 26.2 Å². The molecule has 2 N–H and O–H groups in total. The lowest BCUT2D eigenvalue weighted by molar-refractivity contribution is -0.138. The number of nitrogens with one attached hydrogen (secondary N) is 2.